The zero-order chi connectivity index (χ0) is 23.8. The second-order valence-electron chi connectivity index (χ2n) is 7.15. The molecule has 2 aromatic carbocycles. The molecule has 2 rings (SSSR count). The predicted molar refractivity (Wildman–Crippen MR) is 120 cm³/mol. The van der Waals surface area contributed by atoms with Gasteiger partial charge in [0.2, 0.25) is 0 Å². The molecule has 0 fully saturated rings. The minimum absolute atomic E-state index is 0.0278. The van der Waals surface area contributed by atoms with Gasteiger partial charge >= 0.3 is 11.9 Å². The van der Waals surface area contributed by atoms with Crippen molar-refractivity contribution < 1.29 is 34.8 Å². The van der Waals surface area contributed by atoms with Crippen molar-refractivity contribution in [3.8, 4) is 0 Å². The summed E-state index contributed by atoms with van der Waals surface area (Å²) < 4.78 is 4.63. The average molecular weight is 435 g/mol. The molecule has 31 heavy (non-hydrogen) atoms. The Bertz CT molecular complexity index is 720. The molecular formula is C24H34O7. The van der Waals surface area contributed by atoms with Crippen LogP contribution in [0.25, 0.3) is 0 Å². The van der Waals surface area contributed by atoms with Gasteiger partial charge in [-0.15, -0.1) is 0 Å². The van der Waals surface area contributed by atoms with Crippen molar-refractivity contribution in [3.05, 3.63) is 70.8 Å². The number of carboxylic acids is 2. The highest BCUT2D eigenvalue weighted by Gasteiger charge is 2.11. The molecule has 0 aliphatic rings. The van der Waals surface area contributed by atoms with E-state index >= 15 is 0 Å². The van der Waals surface area contributed by atoms with Crippen LogP contribution in [0.5, 0.6) is 0 Å². The van der Waals surface area contributed by atoms with Gasteiger partial charge < -0.3 is 25.2 Å². The van der Waals surface area contributed by atoms with E-state index in [1.54, 1.807) is 24.3 Å². The molecule has 0 heterocycles. The molecule has 0 radical (unpaired) electrons. The van der Waals surface area contributed by atoms with Gasteiger partial charge in [0.1, 0.15) is 0 Å². The number of benzene rings is 2. The predicted octanol–water partition coefficient (Wildman–Crippen LogP) is 4.00. The lowest BCUT2D eigenvalue weighted by molar-refractivity contribution is 0.0650. The highest BCUT2D eigenvalue weighted by atomic mass is 16.5. The molecule has 0 spiro atoms. The summed E-state index contributed by atoms with van der Waals surface area (Å²) in [5.41, 5.74) is 2.61. The first-order valence-corrected chi connectivity index (χ1v) is 10.1. The second kappa shape index (κ2) is 16.0. The molecule has 0 aromatic heterocycles. The van der Waals surface area contributed by atoms with Gasteiger partial charge in [0.25, 0.3) is 0 Å². The molecule has 0 atom stereocenters. The molecule has 0 unspecified atom stereocenters. The topological polar surface area (TPSA) is 124 Å². The molecule has 0 saturated heterocycles. The molecule has 172 valence electrons. The molecule has 2 aromatic rings. The van der Waals surface area contributed by atoms with Crippen molar-refractivity contribution in [2.45, 2.75) is 39.5 Å². The number of aliphatic hydroxyl groups is 2. The quantitative estimate of drug-likeness (QED) is 0.463. The first kappa shape index (κ1) is 28.3. The van der Waals surface area contributed by atoms with E-state index in [0.717, 1.165) is 11.1 Å². The molecule has 7 nitrogen and oxygen atoms in total. The summed E-state index contributed by atoms with van der Waals surface area (Å²) in [6.45, 7) is 8.65. The lowest BCUT2D eigenvalue weighted by atomic mass is 9.97. The number of hydrogen-bond acceptors (Lipinski definition) is 5. The molecule has 4 N–H and O–H groups in total. The van der Waals surface area contributed by atoms with Crippen molar-refractivity contribution in [1.82, 2.24) is 0 Å². The molecule has 0 saturated carbocycles. The summed E-state index contributed by atoms with van der Waals surface area (Å²) in [7, 11) is 0. The standard InChI is InChI=1S/2C10H12O2.C4H10O3/c2*1-7(2)8-5-3-4-6-9(8)10(11)12;5-1-3-7-4-2-6/h2*3-7H,1-2H3,(H,11,12);5-6H,1-4H2. The molecule has 0 aliphatic carbocycles. The molecule has 0 bridgehead atoms. The summed E-state index contributed by atoms with van der Waals surface area (Å²) in [5.74, 6) is -1.17. The third kappa shape index (κ3) is 11.3. The maximum absolute atomic E-state index is 10.7. The third-order valence-corrected chi connectivity index (χ3v) is 4.10. The summed E-state index contributed by atoms with van der Waals surface area (Å²) in [4.78, 5) is 21.5. The molecule has 0 amide bonds. The van der Waals surface area contributed by atoms with Crippen LogP contribution in [0.2, 0.25) is 0 Å². The van der Waals surface area contributed by atoms with E-state index in [0.29, 0.717) is 24.3 Å². The van der Waals surface area contributed by atoms with Crippen molar-refractivity contribution in [1.29, 1.82) is 0 Å². The number of hydrogen-bond donors (Lipinski definition) is 4. The smallest absolute Gasteiger partial charge is 0.335 e. The maximum atomic E-state index is 10.7. The number of aromatic carboxylic acids is 2. The first-order chi connectivity index (χ1) is 14.7. The van der Waals surface area contributed by atoms with Gasteiger partial charge in [-0.3, -0.25) is 0 Å². The summed E-state index contributed by atoms with van der Waals surface area (Å²) in [5, 5.41) is 33.8. The number of carbonyl (C=O) groups is 2. The minimum Gasteiger partial charge on any atom is -0.478 e. The molecular weight excluding hydrogens is 400 g/mol. The third-order valence-electron chi connectivity index (χ3n) is 4.10. The van der Waals surface area contributed by atoms with Crippen LogP contribution in [0, 0.1) is 0 Å². The fourth-order valence-corrected chi connectivity index (χ4v) is 2.62. The van der Waals surface area contributed by atoms with E-state index in [9.17, 15) is 9.59 Å². The fourth-order valence-electron chi connectivity index (χ4n) is 2.62. The van der Waals surface area contributed by atoms with Gasteiger partial charge in [-0.05, 0) is 35.1 Å². The Labute approximate surface area is 183 Å². The summed E-state index contributed by atoms with van der Waals surface area (Å²) in [6, 6.07) is 14.2. The van der Waals surface area contributed by atoms with Crippen LogP contribution in [0.4, 0.5) is 0 Å². The highest BCUT2D eigenvalue weighted by molar-refractivity contribution is 5.90. The normalized spacial score (nSPS) is 10.1. The Balaban J connectivity index is 0.000000454. The van der Waals surface area contributed by atoms with Crippen molar-refractivity contribution in [3.63, 3.8) is 0 Å². The highest BCUT2D eigenvalue weighted by Crippen LogP contribution is 2.19. The van der Waals surface area contributed by atoms with Gasteiger partial charge in [0.15, 0.2) is 0 Å². The number of rotatable bonds is 8. The maximum Gasteiger partial charge on any atom is 0.335 e. The number of carboxylic acid groups (broad SMARTS) is 2. The Kier molecular flexibility index (Phi) is 14.6. The largest absolute Gasteiger partial charge is 0.478 e. The monoisotopic (exact) mass is 434 g/mol. The lowest BCUT2D eigenvalue weighted by Crippen LogP contribution is -2.03. The van der Waals surface area contributed by atoms with Crippen LogP contribution in [-0.4, -0.2) is 58.8 Å². The van der Waals surface area contributed by atoms with E-state index in [1.807, 2.05) is 52.0 Å². The van der Waals surface area contributed by atoms with Crippen molar-refractivity contribution in [2.24, 2.45) is 0 Å². The average Bonchev–Trinajstić information content (AvgIpc) is 2.75. The zero-order valence-electron chi connectivity index (χ0n) is 18.6. The van der Waals surface area contributed by atoms with Crippen LogP contribution in [0.15, 0.2) is 48.5 Å². The summed E-state index contributed by atoms with van der Waals surface area (Å²) >= 11 is 0. The van der Waals surface area contributed by atoms with Gasteiger partial charge in [-0.2, -0.15) is 0 Å². The van der Waals surface area contributed by atoms with E-state index in [2.05, 4.69) is 4.74 Å². The van der Waals surface area contributed by atoms with E-state index in [1.165, 1.54) is 0 Å². The summed E-state index contributed by atoms with van der Waals surface area (Å²) in [6.07, 6.45) is 0. The van der Waals surface area contributed by atoms with Gasteiger partial charge in [0.05, 0.1) is 37.6 Å². The SMILES string of the molecule is CC(C)c1ccccc1C(=O)O.CC(C)c1ccccc1C(=O)O.OCCOCCO. The number of ether oxygens (including phenoxy) is 1. The first-order valence-electron chi connectivity index (χ1n) is 10.1. The molecule has 0 aliphatic heterocycles. The fraction of sp³-hybridized carbons (Fsp3) is 0.417. The van der Waals surface area contributed by atoms with Gasteiger partial charge in [-0.1, -0.05) is 64.1 Å². The van der Waals surface area contributed by atoms with Gasteiger partial charge in [-0.25, -0.2) is 9.59 Å². The Morgan fingerprint density at radius 1 is 0.710 bits per heavy atom. The van der Waals surface area contributed by atoms with Gasteiger partial charge in [0, 0.05) is 0 Å². The Morgan fingerprint density at radius 3 is 1.26 bits per heavy atom. The van der Waals surface area contributed by atoms with Crippen molar-refractivity contribution in [2.75, 3.05) is 26.4 Å². The van der Waals surface area contributed by atoms with Crippen LogP contribution < -0.4 is 0 Å². The van der Waals surface area contributed by atoms with Crippen LogP contribution in [-0.2, 0) is 4.74 Å². The Morgan fingerprint density at radius 2 is 1.03 bits per heavy atom. The Hall–Kier alpha value is -2.74. The van der Waals surface area contributed by atoms with E-state index < -0.39 is 11.9 Å². The minimum atomic E-state index is -0.848. The van der Waals surface area contributed by atoms with E-state index in [4.69, 9.17) is 20.4 Å². The van der Waals surface area contributed by atoms with Crippen molar-refractivity contribution >= 4 is 11.9 Å². The van der Waals surface area contributed by atoms with E-state index in [-0.39, 0.29) is 25.0 Å². The molecule has 7 heteroatoms. The van der Waals surface area contributed by atoms with Crippen LogP contribution in [0.1, 0.15) is 71.4 Å². The lowest BCUT2D eigenvalue weighted by Gasteiger charge is -2.07. The van der Waals surface area contributed by atoms with Crippen LogP contribution in [0.3, 0.4) is 0 Å². The van der Waals surface area contributed by atoms with Crippen LogP contribution >= 0.6 is 0 Å². The number of aliphatic hydroxyl groups excluding tert-OH is 2. The second-order valence-corrected chi connectivity index (χ2v) is 7.15. The zero-order valence-corrected chi connectivity index (χ0v) is 18.6.